The Bertz CT molecular complexity index is 2990. The number of carbonyl (C=O) groups excluding carboxylic acids is 3. The van der Waals surface area contributed by atoms with Crippen LogP contribution in [0.2, 0.25) is 0 Å². The zero-order valence-electron chi connectivity index (χ0n) is 46.7. The Balaban J connectivity index is 1.29. The first-order chi connectivity index (χ1) is 33.5. The highest BCUT2D eigenvalue weighted by Crippen LogP contribution is 2.51. The first-order valence-corrected chi connectivity index (χ1v) is 26.3. The van der Waals surface area contributed by atoms with E-state index in [2.05, 4.69) is 114 Å². The molecule has 1 aliphatic carbocycles. The number of anilines is 3. The number of amides is 2. The molecule has 2 unspecified atom stereocenters. The van der Waals surface area contributed by atoms with Gasteiger partial charge in [-0.05, 0) is 167 Å². The van der Waals surface area contributed by atoms with Crippen LogP contribution in [0.4, 0.5) is 17.1 Å². The van der Waals surface area contributed by atoms with Crippen LogP contribution >= 0.6 is 0 Å². The van der Waals surface area contributed by atoms with E-state index in [1.165, 1.54) is 0 Å². The highest BCUT2D eigenvalue weighted by Gasteiger charge is 2.48. The normalized spacial score (nSPS) is 18.9. The smallest absolute Gasteiger partial charge is 0.230 e. The van der Waals surface area contributed by atoms with Gasteiger partial charge in [0, 0.05) is 56.4 Å². The molecule has 10 nitrogen and oxygen atoms in total. The molecule has 72 heavy (non-hydrogen) atoms. The third-order valence-electron chi connectivity index (χ3n) is 16.5. The molecule has 2 atom stereocenters. The number of ether oxygens (including phenoxy) is 2. The molecule has 7 rings (SSSR count). The molecule has 0 aromatic heterocycles. The van der Waals surface area contributed by atoms with Crippen LogP contribution in [0, 0.1) is 38.5 Å². The third-order valence-corrected chi connectivity index (χ3v) is 16.5. The largest absolute Gasteiger partial charge is 0.506 e. The van der Waals surface area contributed by atoms with Crippen molar-refractivity contribution in [3.05, 3.63) is 116 Å². The average molecular weight is 980 g/mol. The van der Waals surface area contributed by atoms with Gasteiger partial charge in [-0.15, -0.1) is 0 Å². The van der Waals surface area contributed by atoms with Crippen LogP contribution in [0.1, 0.15) is 162 Å². The second-order valence-corrected chi connectivity index (χ2v) is 24.2. The maximum Gasteiger partial charge on any atom is 0.230 e. The fourth-order valence-electron chi connectivity index (χ4n) is 11.1. The predicted octanol–water partition coefficient (Wildman–Crippen LogP) is 11.7. The number of aliphatic hydroxyl groups is 1. The Hall–Kier alpha value is -5.90. The number of carbonyl (C=O) groups is 3. The molecule has 3 aliphatic rings. The number of hydrogen-bond acceptors (Lipinski definition) is 7. The Morgan fingerprint density at radius 2 is 1.22 bits per heavy atom. The molecule has 2 heterocycles. The number of benzene rings is 4. The Morgan fingerprint density at radius 3 is 1.71 bits per heavy atom. The molecule has 2 amide bonds. The summed E-state index contributed by atoms with van der Waals surface area (Å²) in [7, 11) is 0. The fraction of sp³-hybridized carbons (Fsp3) is 0.516. The summed E-state index contributed by atoms with van der Waals surface area (Å²) in [6, 6.07) is 20.9. The van der Waals surface area contributed by atoms with Crippen molar-refractivity contribution in [1.29, 1.82) is 0 Å². The van der Waals surface area contributed by atoms with E-state index in [1.54, 1.807) is 0 Å². The van der Waals surface area contributed by atoms with Gasteiger partial charge in [-0.1, -0.05) is 65.8 Å². The van der Waals surface area contributed by atoms with E-state index in [1.807, 2.05) is 91.8 Å². The first-order valence-electron chi connectivity index (χ1n) is 26.3. The molecule has 4 aromatic rings. The highest BCUT2D eigenvalue weighted by molar-refractivity contribution is 6.52. The molecule has 0 bridgehead atoms. The minimum Gasteiger partial charge on any atom is -0.506 e. The molecule has 0 saturated carbocycles. The van der Waals surface area contributed by atoms with Gasteiger partial charge >= 0.3 is 0 Å². The quantitative estimate of drug-likeness (QED) is 0.0712. The fourth-order valence-corrected chi connectivity index (χ4v) is 11.1. The summed E-state index contributed by atoms with van der Waals surface area (Å²) in [6.45, 7) is 38.8. The van der Waals surface area contributed by atoms with E-state index in [-0.39, 0.29) is 69.5 Å². The van der Waals surface area contributed by atoms with Gasteiger partial charge in [0.25, 0.3) is 0 Å². The molecule has 386 valence electrons. The summed E-state index contributed by atoms with van der Waals surface area (Å²) in [5.41, 5.74) is 6.94. The maximum absolute atomic E-state index is 15.2. The average Bonchev–Trinajstić information content (AvgIpc) is 3.61. The minimum atomic E-state index is -0.797. The summed E-state index contributed by atoms with van der Waals surface area (Å²) in [5, 5.41) is 20.5. The number of rotatable bonds is 17. The Labute approximate surface area is 430 Å². The number of allylic oxidation sites excluding steroid dienone is 2. The standard InChI is InChI=1S/C62H82N4O6/c1-35(2)65-41(9)61(15,16)45-31-43(47(33-49(45)65)63-57(69)59(11,12)25-19-27-71-51-29-37(5)21-23-39(51)7)53-55(67)54(56(53)68)44-32-46-50(66(36(3)4)42(10)62(46,17)18)34-48(44)64-58(70)60(13,14)26-20-28-72-52-30-38(6)22-24-40(52)8/h21-24,29-36,41-42H,19-20,25-28H2,1-18H3,(H2,63,64,67,68,69,70)/p+1. The Morgan fingerprint density at radius 1 is 0.708 bits per heavy atom. The lowest BCUT2D eigenvalue weighted by Gasteiger charge is -2.34. The van der Waals surface area contributed by atoms with Crippen molar-refractivity contribution >= 4 is 45.8 Å². The summed E-state index contributed by atoms with van der Waals surface area (Å²) >= 11 is 0. The second kappa shape index (κ2) is 19.8. The molecular formula is C62H83N4O6+. The molecule has 4 aromatic carbocycles. The van der Waals surface area contributed by atoms with Crippen LogP contribution in [-0.2, 0) is 25.2 Å². The molecule has 0 fully saturated rings. The van der Waals surface area contributed by atoms with Gasteiger partial charge in [-0.25, -0.2) is 4.58 Å². The maximum atomic E-state index is 15.2. The SMILES string of the molecule is Cc1ccc(C)c(OCCCC(C)(C)C(=O)Nc2cc3c(cc2C2=C(O)C(=c4cc5c(cc4NC(=O)C(C)(C)CCCOc4cc(C)ccc4C)=[N+](C(C)C)C(C)C5(C)C)C2=O)C(C)(C)C(C)N3C(C)C)c1. The summed E-state index contributed by atoms with van der Waals surface area (Å²) in [5.74, 6) is 0.801. The molecule has 0 spiro atoms. The zero-order chi connectivity index (χ0) is 53.2. The van der Waals surface area contributed by atoms with Crippen molar-refractivity contribution in [2.75, 3.05) is 28.7 Å². The van der Waals surface area contributed by atoms with Gasteiger partial charge in [0.05, 0.1) is 41.1 Å². The van der Waals surface area contributed by atoms with Gasteiger partial charge in [-0.3, -0.25) is 14.4 Å². The van der Waals surface area contributed by atoms with Crippen LogP contribution in [-0.4, -0.2) is 60.1 Å². The molecule has 3 N–H and O–H groups in total. The van der Waals surface area contributed by atoms with Crippen molar-refractivity contribution in [3.63, 3.8) is 0 Å². The lowest BCUT2D eigenvalue weighted by Crippen LogP contribution is -2.42. The topological polar surface area (TPSA) is 120 Å². The highest BCUT2D eigenvalue weighted by atomic mass is 16.5. The van der Waals surface area contributed by atoms with E-state index >= 15 is 4.79 Å². The third kappa shape index (κ3) is 9.96. The second-order valence-electron chi connectivity index (χ2n) is 24.2. The van der Waals surface area contributed by atoms with Crippen LogP contribution in [0.25, 0.3) is 11.1 Å². The number of aliphatic hydroxyl groups excluding tert-OH is 1. The summed E-state index contributed by atoms with van der Waals surface area (Å²) in [6.07, 6.45) is 2.43. The Kier molecular flexibility index (Phi) is 14.9. The number of nitrogens with zero attached hydrogens (tertiary/aromatic N) is 2. The number of fused-ring (bicyclic) bond motifs is 2. The molecular weight excluding hydrogens is 897 g/mol. The number of hydrogen-bond donors (Lipinski definition) is 3. The monoisotopic (exact) mass is 980 g/mol. The van der Waals surface area contributed by atoms with Crippen LogP contribution in [0.15, 0.2) is 66.4 Å². The predicted molar refractivity (Wildman–Crippen MR) is 295 cm³/mol. The number of aryl methyl sites for hydroxylation is 4. The van der Waals surface area contributed by atoms with Crippen LogP contribution in [0.5, 0.6) is 11.5 Å². The van der Waals surface area contributed by atoms with Crippen molar-refractivity contribution in [2.24, 2.45) is 10.8 Å². The molecule has 0 radical (unpaired) electrons. The minimum absolute atomic E-state index is 0.115. The lowest BCUT2D eigenvalue weighted by atomic mass is 9.76. The lowest BCUT2D eigenvalue weighted by molar-refractivity contribution is -0.125. The molecule has 10 heteroatoms. The van der Waals surface area contributed by atoms with Crippen molar-refractivity contribution in [1.82, 2.24) is 4.58 Å². The number of nitrogens with one attached hydrogen (secondary N) is 2. The molecule has 0 saturated heterocycles. The van der Waals surface area contributed by atoms with Gasteiger partial charge in [0.1, 0.15) is 23.3 Å². The van der Waals surface area contributed by atoms with Gasteiger partial charge in [-0.2, -0.15) is 0 Å². The zero-order valence-corrected chi connectivity index (χ0v) is 46.7. The van der Waals surface area contributed by atoms with Gasteiger partial charge < -0.3 is 30.1 Å². The van der Waals surface area contributed by atoms with E-state index in [9.17, 15) is 14.7 Å². The first kappa shape index (κ1) is 53.9. The van der Waals surface area contributed by atoms with Crippen molar-refractivity contribution < 1.29 is 29.0 Å². The van der Waals surface area contributed by atoms with Crippen molar-refractivity contribution in [3.8, 4) is 11.5 Å². The van der Waals surface area contributed by atoms with Gasteiger partial charge in [0.2, 0.25) is 23.0 Å². The number of Topliss-reactive ketones (excluding diaryl/α,β-unsaturated/α-hetero) is 1. The van der Waals surface area contributed by atoms with Crippen LogP contribution < -0.4 is 40.2 Å². The van der Waals surface area contributed by atoms with Crippen LogP contribution in [0.3, 0.4) is 0 Å². The van der Waals surface area contributed by atoms with E-state index < -0.39 is 10.8 Å². The molecule has 2 aliphatic heterocycles. The van der Waals surface area contributed by atoms with E-state index in [4.69, 9.17) is 9.47 Å². The summed E-state index contributed by atoms with van der Waals surface area (Å²) < 4.78 is 14.7. The summed E-state index contributed by atoms with van der Waals surface area (Å²) in [4.78, 5) is 46.6. The number of ketones is 1. The van der Waals surface area contributed by atoms with E-state index in [0.717, 1.165) is 55.9 Å². The van der Waals surface area contributed by atoms with Crippen molar-refractivity contribution in [2.45, 2.75) is 185 Å². The van der Waals surface area contributed by atoms with Gasteiger partial charge in [0.15, 0.2) is 6.04 Å². The van der Waals surface area contributed by atoms with E-state index in [0.29, 0.717) is 61.1 Å².